The normalized spacial score (nSPS) is 10.1. The third-order valence-electron chi connectivity index (χ3n) is 2.75. The average molecular weight is 270 g/mol. The molecule has 0 aliphatic rings. The third kappa shape index (κ3) is 3.54. The summed E-state index contributed by atoms with van der Waals surface area (Å²) in [4.78, 5) is 20.6. The predicted molar refractivity (Wildman–Crippen MR) is 79.9 cm³/mol. The number of amides is 1. The lowest BCUT2D eigenvalue weighted by atomic mass is 10.2. The maximum absolute atomic E-state index is 12.3. The monoisotopic (exact) mass is 270 g/mol. The van der Waals surface area contributed by atoms with Crippen LogP contribution in [-0.2, 0) is 0 Å². The van der Waals surface area contributed by atoms with Gasteiger partial charge in [-0.15, -0.1) is 0 Å². The molecule has 0 unspecified atom stereocenters. The number of hydrogen-bond donors (Lipinski definition) is 2. The maximum Gasteiger partial charge on any atom is 0.260 e. The molecule has 0 aliphatic carbocycles. The number of pyridine rings is 2. The number of carbonyl (C=O) groups is 1. The Morgan fingerprint density at radius 1 is 1.25 bits per heavy atom. The number of rotatable bonds is 5. The summed E-state index contributed by atoms with van der Waals surface area (Å²) in [5.74, 6) is 0.926. The van der Waals surface area contributed by atoms with E-state index < -0.39 is 0 Å². The first kappa shape index (κ1) is 14.0. The third-order valence-corrected chi connectivity index (χ3v) is 2.75. The van der Waals surface area contributed by atoms with Crippen molar-refractivity contribution in [2.75, 3.05) is 17.2 Å². The average Bonchev–Trinajstić information content (AvgIpc) is 2.45. The first-order valence-electron chi connectivity index (χ1n) is 6.63. The van der Waals surface area contributed by atoms with Crippen LogP contribution in [0.4, 0.5) is 11.6 Å². The van der Waals surface area contributed by atoms with Gasteiger partial charge in [-0.3, -0.25) is 4.79 Å². The van der Waals surface area contributed by atoms with Crippen molar-refractivity contribution in [2.45, 2.75) is 20.3 Å². The zero-order chi connectivity index (χ0) is 14.4. The molecule has 2 rings (SSSR count). The van der Waals surface area contributed by atoms with E-state index in [-0.39, 0.29) is 5.91 Å². The van der Waals surface area contributed by atoms with Crippen molar-refractivity contribution in [3.8, 4) is 0 Å². The van der Waals surface area contributed by atoms with E-state index in [9.17, 15) is 4.79 Å². The molecular weight excluding hydrogens is 252 g/mol. The van der Waals surface area contributed by atoms with Crippen LogP contribution in [0.25, 0.3) is 0 Å². The Morgan fingerprint density at radius 2 is 2.10 bits per heavy atom. The molecule has 5 heteroatoms. The quantitative estimate of drug-likeness (QED) is 0.876. The van der Waals surface area contributed by atoms with Crippen LogP contribution in [0.3, 0.4) is 0 Å². The van der Waals surface area contributed by atoms with Crippen molar-refractivity contribution in [3.63, 3.8) is 0 Å². The van der Waals surface area contributed by atoms with Gasteiger partial charge in [0.15, 0.2) is 0 Å². The minimum atomic E-state index is -0.213. The molecule has 2 N–H and O–H groups in total. The Balaban J connectivity index is 2.16. The van der Waals surface area contributed by atoms with Gasteiger partial charge in [-0.2, -0.15) is 0 Å². The lowest BCUT2D eigenvalue weighted by Gasteiger charge is -2.10. The van der Waals surface area contributed by atoms with Gasteiger partial charge in [0.2, 0.25) is 0 Å². The summed E-state index contributed by atoms with van der Waals surface area (Å²) >= 11 is 0. The fourth-order valence-corrected chi connectivity index (χ4v) is 1.76. The number of hydrogen-bond acceptors (Lipinski definition) is 4. The summed E-state index contributed by atoms with van der Waals surface area (Å²) in [5, 5.41) is 5.93. The molecule has 2 heterocycles. The number of anilines is 2. The molecule has 2 aromatic rings. The molecular formula is C15H18N4O. The molecule has 0 radical (unpaired) electrons. The van der Waals surface area contributed by atoms with Crippen LogP contribution in [0.15, 0.2) is 36.7 Å². The number of nitrogens with one attached hydrogen (secondary N) is 2. The van der Waals surface area contributed by atoms with E-state index in [4.69, 9.17) is 0 Å². The number of aryl methyl sites for hydroxylation is 1. The van der Waals surface area contributed by atoms with E-state index in [1.54, 1.807) is 24.5 Å². The van der Waals surface area contributed by atoms with E-state index in [1.165, 1.54) is 0 Å². The van der Waals surface area contributed by atoms with Crippen molar-refractivity contribution < 1.29 is 4.79 Å². The lowest BCUT2D eigenvalue weighted by molar-refractivity contribution is 0.102. The maximum atomic E-state index is 12.3. The molecule has 0 fully saturated rings. The first-order valence-corrected chi connectivity index (χ1v) is 6.63. The van der Waals surface area contributed by atoms with Gasteiger partial charge in [0.1, 0.15) is 11.6 Å². The molecule has 1 amide bonds. The van der Waals surface area contributed by atoms with E-state index in [2.05, 4.69) is 27.5 Å². The van der Waals surface area contributed by atoms with Crippen LogP contribution in [-0.4, -0.2) is 22.4 Å². The van der Waals surface area contributed by atoms with E-state index in [0.29, 0.717) is 17.2 Å². The molecule has 2 aromatic heterocycles. The molecule has 0 spiro atoms. The van der Waals surface area contributed by atoms with Crippen LogP contribution < -0.4 is 10.6 Å². The topological polar surface area (TPSA) is 66.9 Å². The minimum absolute atomic E-state index is 0.213. The highest BCUT2D eigenvalue weighted by Crippen LogP contribution is 2.14. The van der Waals surface area contributed by atoms with Crippen LogP contribution in [0.1, 0.15) is 29.3 Å². The predicted octanol–water partition coefficient (Wildman–Crippen LogP) is 2.86. The van der Waals surface area contributed by atoms with Crippen LogP contribution in [0.5, 0.6) is 0 Å². The van der Waals surface area contributed by atoms with Crippen LogP contribution in [0.2, 0.25) is 0 Å². The zero-order valence-electron chi connectivity index (χ0n) is 11.7. The van der Waals surface area contributed by atoms with Gasteiger partial charge in [0.05, 0.1) is 5.56 Å². The summed E-state index contributed by atoms with van der Waals surface area (Å²) < 4.78 is 0. The molecule has 0 saturated carbocycles. The lowest BCUT2D eigenvalue weighted by Crippen LogP contribution is -2.16. The largest absolute Gasteiger partial charge is 0.369 e. The molecule has 0 atom stereocenters. The number of nitrogens with zero attached hydrogens (tertiary/aromatic N) is 2. The minimum Gasteiger partial charge on any atom is -0.369 e. The smallest absolute Gasteiger partial charge is 0.260 e. The zero-order valence-corrected chi connectivity index (χ0v) is 11.7. The molecule has 0 saturated heterocycles. The van der Waals surface area contributed by atoms with E-state index in [0.717, 1.165) is 18.5 Å². The Morgan fingerprint density at radius 3 is 2.85 bits per heavy atom. The van der Waals surface area contributed by atoms with Crippen molar-refractivity contribution in [3.05, 3.63) is 47.8 Å². The highest BCUT2D eigenvalue weighted by molar-refractivity contribution is 6.07. The molecule has 0 aliphatic heterocycles. The summed E-state index contributed by atoms with van der Waals surface area (Å²) in [6.45, 7) is 4.79. The van der Waals surface area contributed by atoms with Gasteiger partial charge in [-0.25, -0.2) is 9.97 Å². The Kier molecular flexibility index (Phi) is 4.65. The molecule has 5 nitrogen and oxygen atoms in total. The van der Waals surface area contributed by atoms with Crippen molar-refractivity contribution in [1.29, 1.82) is 0 Å². The number of aromatic nitrogens is 2. The molecule has 20 heavy (non-hydrogen) atoms. The molecule has 0 aromatic carbocycles. The first-order chi connectivity index (χ1) is 9.70. The van der Waals surface area contributed by atoms with Crippen molar-refractivity contribution >= 4 is 17.5 Å². The fourth-order valence-electron chi connectivity index (χ4n) is 1.76. The summed E-state index contributed by atoms with van der Waals surface area (Å²) in [6.07, 6.45) is 4.31. The Labute approximate surface area is 118 Å². The van der Waals surface area contributed by atoms with Gasteiger partial charge in [0.25, 0.3) is 5.91 Å². The van der Waals surface area contributed by atoms with Gasteiger partial charge < -0.3 is 10.6 Å². The van der Waals surface area contributed by atoms with Crippen LogP contribution in [0, 0.1) is 6.92 Å². The summed E-state index contributed by atoms with van der Waals surface area (Å²) in [7, 11) is 0. The van der Waals surface area contributed by atoms with Gasteiger partial charge in [0, 0.05) is 18.9 Å². The standard InChI is InChI=1S/C15H18N4O/c1-3-7-17-14-12(5-4-8-18-14)15(20)19-13-10-11(2)6-9-16-13/h4-6,8-10H,3,7H2,1-2H3,(H,17,18)(H,16,19,20). The van der Waals surface area contributed by atoms with E-state index in [1.807, 2.05) is 19.1 Å². The second kappa shape index (κ2) is 6.65. The second-order valence-corrected chi connectivity index (χ2v) is 4.50. The van der Waals surface area contributed by atoms with Gasteiger partial charge >= 0.3 is 0 Å². The van der Waals surface area contributed by atoms with Gasteiger partial charge in [-0.05, 0) is 43.2 Å². The van der Waals surface area contributed by atoms with Crippen molar-refractivity contribution in [1.82, 2.24) is 9.97 Å². The number of carbonyl (C=O) groups excluding carboxylic acids is 1. The molecule has 104 valence electrons. The fraction of sp³-hybridized carbons (Fsp3) is 0.267. The highest BCUT2D eigenvalue weighted by atomic mass is 16.1. The second-order valence-electron chi connectivity index (χ2n) is 4.50. The molecule has 0 bridgehead atoms. The SMILES string of the molecule is CCCNc1ncccc1C(=O)Nc1cc(C)ccn1. The Bertz CT molecular complexity index is 598. The summed E-state index contributed by atoms with van der Waals surface area (Å²) in [6, 6.07) is 7.20. The van der Waals surface area contributed by atoms with Crippen LogP contribution >= 0.6 is 0 Å². The van der Waals surface area contributed by atoms with Gasteiger partial charge in [-0.1, -0.05) is 6.92 Å². The van der Waals surface area contributed by atoms with Crippen molar-refractivity contribution in [2.24, 2.45) is 0 Å². The highest BCUT2D eigenvalue weighted by Gasteiger charge is 2.12. The summed E-state index contributed by atoms with van der Waals surface area (Å²) in [5.41, 5.74) is 1.56. The Hall–Kier alpha value is -2.43. The van der Waals surface area contributed by atoms with E-state index >= 15 is 0 Å².